The summed E-state index contributed by atoms with van der Waals surface area (Å²) in [6.45, 7) is 9.71. The Morgan fingerprint density at radius 3 is 2.72 bits per heavy atom. The summed E-state index contributed by atoms with van der Waals surface area (Å²) in [6, 6.07) is 0. The van der Waals surface area contributed by atoms with Gasteiger partial charge in [0.15, 0.2) is 0 Å². The summed E-state index contributed by atoms with van der Waals surface area (Å²) in [6.07, 6.45) is 5.47. The fourth-order valence-electron chi connectivity index (χ4n) is 2.22. The maximum Gasteiger partial charge on any atom is 0.106 e. The van der Waals surface area contributed by atoms with Crippen LogP contribution in [0.4, 0.5) is 0 Å². The van der Waals surface area contributed by atoms with Crippen LogP contribution in [0.1, 0.15) is 45.0 Å². The first-order valence-corrected chi connectivity index (χ1v) is 7.71. The number of nitrogens with zero attached hydrogens (tertiary/aromatic N) is 1. The first-order chi connectivity index (χ1) is 8.54. The number of hydrogen-bond acceptors (Lipinski definition) is 4. The van der Waals surface area contributed by atoms with Crippen molar-refractivity contribution < 1.29 is 0 Å². The SMILES string of the molecule is CC(C)(C)C(CCN)CCCNCc1nccs1. The van der Waals surface area contributed by atoms with E-state index in [4.69, 9.17) is 5.73 Å². The van der Waals surface area contributed by atoms with E-state index in [-0.39, 0.29) is 0 Å². The molecule has 0 aliphatic heterocycles. The molecule has 0 saturated heterocycles. The minimum atomic E-state index is 0.370. The third kappa shape index (κ3) is 5.94. The zero-order valence-corrected chi connectivity index (χ0v) is 12.7. The average Bonchev–Trinajstić information content (AvgIpc) is 2.78. The molecule has 0 saturated carbocycles. The second-order valence-corrected chi connectivity index (χ2v) is 6.86. The zero-order valence-electron chi connectivity index (χ0n) is 11.9. The van der Waals surface area contributed by atoms with Crippen LogP contribution in [0.3, 0.4) is 0 Å². The fourth-order valence-corrected chi connectivity index (χ4v) is 2.81. The van der Waals surface area contributed by atoms with Gasteiger partial charge in [0.05, 0.1) is 0 Å². The van der Waals surface area contributed by atoms with Gasteiger partial charge in [-0.25, -0.2) is 4.98 Å². The minimum absolute atomic E-state index is 0.370. The first-order valence-electron chi connectivity index (χ1n) is 6.83. The monoisotopic (exact) mass is 269 g/mol. The standard InChI is InChI=1S/C14H27N3S/c1-14(2,3)12(6-7-15)5-4-8-16-11-13-17-9-10-18-13/h9-10,12,16H,4-8,11,15H2,1-3H3. The Labute approximate surface area is 115 Å². The van der Waals surface area contributed by atoms with Crippen LogP contribution in [0.2, 0.25) is 0 Å². The lowest BCUT2D eigenvalue weighted by atomic mass is 9.76. The molecule has 0 radical (unpaired) electrons. The van der Waals surface area contributed by atoms with Gasteiger partial charge in [-0.1, -0.05) is 20.8 Å². The average molecular weight is 269 g/mol. The van der Waals surface area contributed by atoms with Crippen LogP contribution < -0.4 is 11.1 Å². The Bertz CT molecular complexity index is 303. The second-order valence-electron chi connectivity index (χ2n) is 5.89. The van der Waals surface area contributed by atoms with Crippen molar-refractivity contribution in [3.8, 4) is 0 Å². The third-order valence-electron chi connectivity index (χ3n) is 3.41. The summed E-state index contributed by atoms with van der Waals surface area (Å²) in [5.41, 5.74) is 6.07. The molecule has 1 heterocycles. The van der Waals surface area contributed by atoms with Crippen molar-refractivity contribution in [2.45, 2.75) is 46.6 Å². The number of thiazole rings is 1. The molecular formula is C14H27N3S. The molecule has 3 nitrogen and oxygen atoms in total. The van der Waals surface area contributed by atoms with Crippen LogP contribution in [-0.4, -0.2) is 18.1 Å². The first kappa shape index (κ1) is 15.6. The van der Waals surface area contributed by atoms with E-state index < -0.39 is 0 Å². The molecule has 0 fully saturated rings. The van der Waals surface area contributed by atoms with Crippen LogP contribution in [0, 0.1) is 11.3 Å². The fraction of sp³-hybridized carbons (Fsp3) is 0.786. The van der Waals surface area contributed by atoms with Gasteiger partial charge in [-0.05, 0) is 43.7 Å². The summed E-state index contributed by atoms with van der Waals surface area (Å²) >= 11 is 1.71. The zero-order chi connectivity index (χ0) is 13.4. The van der Waals surface area contributed by atoms with Gasteiger partial charge in [0.25, 0.3) is 0 Å². The van der Waals surface area contributed by atoms with Crippen LogP contribution in [0.15, 0.2) is 11.6 Å². The van der Waals surface area contributed by atoms with Gasteiger partial charge < -0.3 is 11.1 Å². The van der Waals surface area contributed by atoms with Crippen LogP contribution in [-0.2, 0) is 6.54 Å². The van der Waals surface area contributed by atoms with E-state index in [0.717, 1.165) is 32.0 Å². The molecule has 0 aliphatic rings. The van der Waals surface area contributed by atoms with Gasteiger partial charge in [0.2, 0.25) is 0 Å². The largest absolute Gasteiger partial charge is 0.330 e. The third-order valence-corrected chi connectivity index (χ3v) is 4.19. The predicted molar refractivity (Wildman–Crippen MR) is 79.7 cm³/mol. The van der Waals surface area contributed by atoms with E-state index in [1.54, 1.807) is 11.3 Å². The van der Waals surface area contributed by atoms with Gasteiger partial charge in [-0.2, -0.15) is 0 Å². The summed E-state index contributed by atoms with van der Waals surface area (Å²) < 4.78 is 0. The van der Waals surface area contributed by atoms with E-state index in [2.05, 4.69) is 31.1 Å². The molecule has 104 valence electrons. The van der Waals surface area contributed by atoms with Crippen LogP contribution in [0.25, 0.3) is 0 Å². The molecule has 1 rings (SSSR count). The molecule has 1 atom stereocenters. The second kappa shape index (κ2) is 7.87. The molecule has 3 N–H and O–H groups in total. The lowest BCUT2D eigenvalue weighted by molar-refractivity contribution is 0.210. The minimum Gasteiger partial charge on any atom is -0.330 e. The Kier molecular flexibility index (Phi) is 6.82. The van der Waals surface area contributed by atoms with Gasteiger partial charge >= 0.3 is 0 Å². The van der Waals surface area contributed by atoms with E-state index in [0.29, 0.717) is 5.41 Å². The molecule has 1 aromatic heterocycles. The van der Waals surface area contributed by atoms with Crippen LogP contribution in [0.5, 0.6) is 0 Å². The quantitative estimate of drug-likeness (QED) is 0.713. The Morgan fingerprint density at radius 1 is 1.39 bits per heavy atom. The topological polar surface area (TPSA) is 50.9 Å². The molecule has 0 amide bonds. The molecule has 0 aromatic carbocycles. The smallest absolute Gasteiger partial charge is 0.106 e. The lowest BCUT2D eigenvalue weighted by Gasteiger charge is -2.30. The molecule has 0 spiro atoms. The van der Waals surface area contributed by atoms with E-state index in [1.165, 1.54) is 17.8 Å². The highest BCUT2D eigenvalue weighted by molar-refractivity contribution is 7.09. The van der Waals surface area contributed by atoms with Crippen molar-refractivity contribution in [1.29, 1.82) is 0 Å². The van der Waals surface area contributed by atoms with Gasteiger partial charge in [-0.15, -0.1) is 11.3 Å². The molecular weight excluding hydrogens is 242 g/mol. The summed E-state index contributed by atoms with van der Waals surface area (Å²) in [5, 5.41) is 6.65. The molecule has 1 unspecified atom stereocenters. The molecule has 0 bridgehead atoms. The van der Waals surface area contributed by atoms with Crippen molar-refractivity contribution >= 4 is 11.3 Å². The highest BCUT2D eigenvalue weighted by Gasteiger charge is 2.22. The summed E-state index contributed by atoms with van der Waals surface area (Å²) in [7, 11) is 0. The molecule has 18 heavy (non-hydrogen) atoms. The Hall–Kier alpha value is -0.450. The van der Waals surface area contributed by atoms with Crippen molar-refractivity contribution in [3.63, 3.8) is 0 Å². The number of nitrogens with two attached hydrogens (primary N) is 1. The molecule has 1 aromatic rings. The van der Waals surface area contributed by atoms with E-state index in [9.17, 15) is 0 Å². The maximum atomic E-state index is 5.70. The number of aromatic nitrogens is 1. The maximum absolute atomic E-state index is 5.70. The Morgan fingerprint density at radius 2 is 2.17 bits per heavy atom. The highest BCUT2D eigenvalue weighted by Crippen LogP contribution is 2.31. The Balaban J connectivity index is 2.15. The van der Waals surface area contributed by atoms with Crippen molar-refractivity contribution in [2.24, 2.45) is 17.1 Å². The highest BCUT2D eigenvalue weighted by atomic mass is 32.1. The lowest BCUT2D eigenvalue weighted by Crippen LogP contribution is -2.25. The van der Waals surface area contributed by atoms with Crippen molar-refractivity contribution in [1.82, 2.24) is 10.3 Å². The molecule has 4 heteroatoms. The summed E-state index contributed by atoms with van der Waals surface area (Å²) in [5.74, 6) is 0.726. The van der Waals surface area contributed by atoms with Gasteiger partial charge in [0, 0.05) is 18.1 Å². The van der Waals surface area contributed by atoms with Crippen molar-refractivity contribution in [2.75, 3.05) is 13.1 Å². The van der Waals surface area contributed by atoms with Gasteiger partial charge in [0.1, 0.15) is 5.01 Å². The molecule has 0 aliphatic carbocycles. The van der Waals surface area contributed by atoms with Crippen LogP contribution >= 0.6 is 11.3 Å². The summed E-state index contributed by atoms with van der Waals surface area (Å²) in [4.78, 5) is 4.26. The number of hydrogen-bond donors (Lipinski definition) is 2. The number of nitrogens with one attached hydrogen (secondary N) is 1. The van der Waals surface area contributed by atoms with Crippen molar-refractivity contribution in [3.05, 3.63) is 16.6 Å². The normalized spacial score (nSPS) is 13.8. The number of rotatable bonds is 8. The van der Waals surface area contributed by atoms with Gasteiger partial charge in [-0.3, -0.25) is 0 Å². The van der Waals surface area contributed by atoms with E-state index in [1.807, 2.05) is 11.6 Å². The predicted octanol–water partition coefficient (Wildman–Crippen LogP) is 3.02. The van der Waals surface area contributed by atoms with E-state index >= 15 is 0 Å².